The molecule has 0 radical (unpaired) electrons. The normalized spacial score (nSPS) is 24.3. The fourth-order valence-corrected chi connectivity index (χ4v) is 3.60. The molecule has 4 nitrogen and oxygen atoms in total. The first-order chi connectivity index (χ1) is 10.1. The van der Waals surface area contributed by atoms with Crippen LogP contribution in [0.5, 0.6) is 0 Å². The number of rotatable bonds is 4. The molecule has 0 spiro atoms. The minimum Gasteiger partial charge on any atom is -0.370 e. The first-order valence-electron chi connectivity index (χ1n) is 7.76. The average Bonchev–Trinajstić information content (AvgIpc) is 3.05. The molecule has 1 saturated heterocycles. The maximum atomic E-state index is 12.0. The monoisotopic (exact) mass is 307 g/mol. The Hall–Kier alpha value is -1.26. The van der Waals surface area contributed by atoms with E-state index in [0.717, 1.165) is 47.5 Å². The van der Waals surface area contributed by atoms with Gasteiger partial charge in [0, 0.05) is 24.3 Å². The van der Waals surface area contributed by atoms with E-state index in [1.807, 2.05) is 19.1 Å². The number of hydrogen-bond acceptors (Lipinski definition) is 3. The minimum absolute atomic E-state index is 0.00734. The van der Waals surface area contributed by atoms with E-state index < -0.39 is 0 Å². The van der Waals surface area contributed by atoms with Crippen LogP contribution < -0.4 is 15.5 Å². The van der Waals surface area contributed by atoms with Gasteiger partial charge in [0.15, 0.2) is 0 Å². The topological polar surface area (TPSA) is 44.4 Å². The van der Waals surface area contributed by atoms with Crippen LogP contribution in [0.4, 0.5) is 11.4 Å². The SMILES string of the molecule is CCNC1C(=O)Nc2cc(N3CCC(CC)C3)c(Cl)cc21. The maximum Gasteiger partial charge on any atom is 0.246 e. The Morgan fingerprint density at radius 1 is 1.43 bits per heavy atom. The molecule has 2 atom stereocenters. The van der Waals surface area contributed by atoms with Crippen molar-refractivity contribution in [3.63, 3.8) is 0 Å². The zero-order valence-electron chi connectivity index (χ0n) is 12.6. The van der Waals surface area contributed by atoms with Gasteiger partial charge in [0.05, 0.1) is 10.7 Å². The van der Waals surface area contributed by atoms with Gasteiger partial charge in [0.25, 0.3) is 0 Å². The third kappa shape index (κ3) is 2.62. The van der Waals surface area contributed by atoms with Crippen molar-refractivity contribution >= 4 is 28.9 Å². The Bertz CT molecular complexity index is 561. The Labute approximate surface area is 130 Å². The first kappa shape index (κ1) is 14.7. The third-order valence-corrected chi connectivity index (χ3v) is 4.86. The van der Waals surface area contributed by atoms with Crippen molar-refractivity contribution in [1.82, 2.24) is 5.32 Å². The molecule has 0 bridgehead atoms. The molecule has 2 aliphatic heterocycles. The molecule has 114 valence electrons. The lowest BCUT2D eigenvalue weighted by Gasteiger charge is -2.21. The molecule has 5 heteroatoms. The van der Waals surface area contributed by atoms with E-state index in [1.54, 1.807) is 0 Å². The highest BCUT2D eigenvalue weighted by Gasteiger charge is 2.32. The van der Waals surface area contributed by atoms with Gasteiger partial charge >= 0.3 is 0 Å². The molecule has 2 N–H and O–H groups in total. The van der Waals surface area contributed by atoms with Crippen LogP contribution in [0, 0.1) is 5.92 Å². The number of hydrogen-bond donors (Lipinski definition) is 2. The fourth-order valence-electron chi connectivity index (χ4n) is 3.30. The number of halogens is 1. The number of likely N-dealkylation sites (N-methyl/N-ethyl adjacent to an activating group) is 1. The van der Waals surface area contributed by atoms with E-state index in [1.165, 1.54) is 12.8 Å². The summed E-state index contributed by atoms with van der Waals surface area (Å²) >= 11 is 6.48. The van der Waals surface area contributed by atoms with Gasteiger partial charge < -0.3 is 15.5 Å². The highest BCUT2D eigenvalue weighted by molar-refractivity contribution is 6.33. The maximum absolute atomic E-state index is 12.0. The van der Waals surface area contributed by atoms with Crippen molar-refractivity contribution in [2.45, 2.75) is 32.7 Å². The molecular weight excluding hydrogens is 286 g/mol. The van der Waals surface area contributed by atoms with Crippen molar-refractivity contribution in [2.75, 3.05) is 29.9 Å². The molecule has 2 aliphatic rings. The van der Waals surface area contributed by atoms with E-state index in [4.69, 9.17) is 11.6 Å². The molecule has 0 saturated carbocycles. The Morgan fingerprint density at radius 3 is 2.90 bits per heavy atom. The number of carbonyl (C=O) groups is 1. The lowest BCUT2D eigenvalue weighted by atomic mass is 10.1. The van der Waals surface area contributed by atoms with Crippen molar-refractivity contribution in [3.8, 4) is 0 Å². The van der Waals surface area contributed by atoms with Crippen LogP contribution in [0.1, 0.15) is 38.3 Å². The highest BCUT2D eigenvalue weighted by Crippen LogP contribution is 2.40. The summed E-state index contributed by atoms with van der Waals surface area (Å²) in [6, 6.07) is 3.69. The van der Waals surface area contributed by atoms with E-state index in [-0.39, 0.29) is 11.9 Å². The molecule has 3 rings (SSSR count). The summed E-state index contributed by atoms with van der Waals surface area (Å²) in [7, 11) is 0. The van der Waals surface area contributed by atoms with Crippen LogP contribution in [0.3, 0.4) is 0 Å². The second kappa shape index (κ2) is 5.85. The van der Waals surface area contributed by atoms with Gasteiger partial charge in [-0.1, -0.05) is 31.9 Å². The number of anilines is 2. The smallest absolute Gasteiger partial charge is 0.246 e. The average molecular weight is 308 g/mol. The van der Waals surface area contributed by atoms with E-state index >= 15 is 0 Å². The van der Waals surface area contributed by atoms with Crippen LogP contribution in [0.2, 0.25) is 5.02 Å². The minimum atomic E-state index is -0.279. The van der Waals surface area contributed by atoms with Gasteiger partial charge in [0.2, 0.25) is 5.91 Å². The third-order valence-electron chi connectivity index (χ3n) is 4.56. The van der Waals surface area contributed by atoms with Gasteiger partial charge in [-0.2, -0.15) is 0 Å². The summed E-state index contributed by atoms with van der Waals surface area (Å²) in [6.45, 7) is 7.08. The lowest BCUT2D eigenvalue weighted by molar-refractivity contribution is -0.117. The molecule has 2 unspecified atom stereocenters. The molecule has 1 fully saturated rings. The lowest BCUT2D eigenvalue weighted by Crippen LogP contribution is -2.27. The number of nitrogens with zero attached hydrogens (tertiary/aromatic N) is 1. The van der Waals surface area contributed by atoms with E-state index in [9.17, 15) is 4.79 Å². The van der Waals surface area contributed by atoms with Crippen LogP contribution in [0.15, 0.2) is 12.1 Å². The summed E-state index contributed by atoms with van der Waals surface area (Å²) in [4.78, 5) is 14.4. The summed E-state index contributed by atoms with van der Waals surface area (Å²) in [5.41, 5.74) is 2.90. The van der Waals surface area contributed by atoms with Crippen molar-refractivity contribution in [2.24, 2.45) is 5.92 Å². The van der Waals surface area contributed by atoms with Gasteiger partial charge in [-0.05, 0) is 31.0 Å². The second-order valence-electron chi connectivity index (χ2n) is 5.88. The first-order valence-corrected chi connectivity index (χ1v) is 8.14. The molecule has 0 aliphatic carbocycles. The van der Waals surface area contributed by atoms with Gasteiger partial charge in [-0.25, -0.2) is 0 Å². The zero-order valence-corrected chi connectivity index (χ0v) is 13.3. The van der Waals surface area contributed by atoms with Crippen LogP contribution in [-0.2, 0) is 4.79 Å². The van der Waals surface area contributed by atoms with Crippen LogP contribution in [0.25, 0.3) is 0 Å². The number of nitrogens with one attached hydrogen (secondary N) is 2. The van der Waals surface area contributed by atoms with Gasteiger partial charge in [-0.3, -0.25) is 4.79 Å². The van der Waals surface area contributed by atoms with E-state index in [2.05, 4.69) is 22.5 Å². The largest absolute Gasteiger partial charge is 0.370 e. The molecule has 1 amide bonds. The van der Waals surface area contributed by atoms with Crippen molar-refractivity contribution < 1.29 is 4.79 Å². The molecule has 1 aromatic carbocycles. The van der Waals surface area contributed by atoms with Crippen LogP contribution in [-0.4, -0.2) is 25.5 Å². The predicted octanol–water partition coefficient (Wildman–Crippen LogP) is 3.18. The Kier molecular flexibility index (Phi) is 4.09. The molecular formula is C16H22ClN3O. The molecule has 1 aromatic rings. The highest BCUT2D eigenvalue weighted by atomic mass is 35.5. The second-order valence-corrected chi connectivity index (χ2v) is 6.29. The molecule has 2 heterocycles. The summed E-state index contributed by atoms with van der Waals surface area (Å²) in [5.74, 6) is 0.756. The number of carbonyl (C=O) groups excluding carboxylic acids is 1. The Morgan fingerprint density at radius 2 is 2.24 bits per heavy atom. The van der Waals surface area contributed by atoms with Crippen LogP contribution >= 0.6 is 11.6 Å². The van der Waals surface area contributed by atoms with E-state index in [0.29, 0.717) is 0 Å². The van der Waals surface area contributed by atoms with Gasteiger partial charge in [0.1, 0.15) is 6.04 Å². The summed E-state index contributed by atoms with van der Waals surface area (Å²) in [5, 5.41) is 6.90. The summed E-state index contributed by atoms with van der Waals surface area (Å²) < 4.78 is 0. The molecule has 0 aromatic heterocycles. The van der Waals surface area contributed by atoms with Gasteiger partial charge in [-0.15, -0.1) is 0 Å². The van der Waals surface area contributed by atoms with Crippen molar-refractivity contribution in [3.05, 3.63) is 22.7 Å². The molecule has 21 heavy (non-hydrogen) atoms. The zero-order chi connectivity index (χ0) is 15.0. The number of amides is 1. The van der Waals surface area contributed by atoms with Crippen molar-refractivity contribution in [1.29, 1.82) is 0 Å². The Balaban J connectivity index is 1.89. The summed E-state index contributed by atoms with van der Waals surface area (Å²) in [6.07, 6.45) is 2.43. The number of benzene rings is 1. The predicted molar refractivity (Wildman–Crippen MR) is 87.1 cm³/mol. The fraction of sp³-hybridized carbons (Fsp3) is 0.562. The standard InChI is InChI=1S/C16H22ClN3O/c1-3-10-5-6-20(9-10)14-8-13-11(7-12(14)17)15(18-4-2)16(21)19-13/h7-8,10,15,18H,3-6,9H2,1-2H3,(H,19,21). The quantitative estimate of drug-likeness (QED) is 0.898. The number of fused-ring (bicyclic) bond motifs is 1.